The van der Waals surface area contributed by atoms with E-state index in [1.807, 2.05) is 0 Å². The Morgan fingerprint density at radius 3 is 1.64 bits per heavy atom. The van der Waals surface area contributed by atoms with Crippen LogP contribution in [-0.4, -0.2) is 0 Å². The summed E-state index contributed by atoms with van der Waals surface area (Å²) in [7, 11) is 0. The molecule has 1 nitrogen and oxygen atoms in total. The SMILES string of the molecule is CC1(c2ccccc2)c2cc(-c3cccc4c3Oc3ccccc3C4(c3ccccc3)c3ccccc3)ccc2-c2cc3ccccc3cc21. The molecule has 0 N–H and O–H groups in total. The molecule has 0 aromatic heterocycles. The van der Waals surface area contributed by atoms with Gasteiger partial charge in [-0.2, -0.15) is 0 Å². The van der Waals surface area contributed by atoms with Crippen LogP contribution in [0.3, 0.4) is 0 Å². The van der Waals surface area contributed by atoms with Crippen LogP contribution in [0.2, 0.25) is 0 Å². The van der Waals surface area contributed by atoms with Crippen LogP contribution in [0.1, 0.15) is 45.9 Å². The van der Waals surface area contributed by atoms with Gasteiger partial charge in [0.2, 0.25) is 0 Å². The summed E-state index contributed by atoms with van der Waals surface area (Å²) in [5, 5.41) is 2.53. The lowest BCUT2D eigenvalue weighted by Crippen LogP contribution is -2.34. The minimum Gasteiger partial charge on any atom is -0.456 e. The summed E-state index contributed by atoms with van der Waals surface area (Å²) in [6.45, 7) is 2.40. The fourth-order valence-electron chi connectivity index (χ4n) is 8.92. The first kappa shape index (κ1) is 28.8. The number of ether oxygens (including phenoxy) is 1. The molecule has 0 radical (unpaired) electrons. The smallest absolute Gasteiger partial charge is 0.140 e. The number of hydrogen-bond acceptors (Lipinski definition) is 1. The van der Waals surface area contributed by atoms with E-state index in [2.05, 4.69) is 195 Å². The minimum atomic E-state index is -0.561. The summed E-state index contributed by atoms with van der Waals surface area (Å²) in [5.41, 5.74) is 12.6. The normalized spacial score (nSPS) is 16.5. The molecule has 0 saturated carbocycles. The maximum Gasteiger partial charge on any atom is 0.140 e. The standard InChI is InChI=1S/C49H34O/c1-48(36-18-5-2-6-19-36)44-32-35(28-29-40(44)41-30-33-16-11-12-17-34(33)31-45(41)48)39-24-15-26-43-47(39)50-46-27-14-13-25-42(46)49(43,37-20-7-3-8-21-37)38-22-9-4-10-23-38/h2-32H,1H3. The fraction of sp³-hybridized carbons (Fsp3) is 0.0612. The molecule has 1 heteroatoms. The number of hydrogen-bond donors (Lipinski definition) is 0. The lowest BCUT2D eigenvalue weighted by Gasteiger charge is -2.42. The first-order valence-electron chi connectivity index (χ1n) is 17.4. The van der Waals surface area contributed by atoms with E-state index in [1.54, 1.807) is 0 Å². The fourth-order valence-corrected chi connectivity index (χ4v) is 8.92. The Kier molecular flexibility index (Phi) is 6.29. The summed E-state index contributed by atoms with van der Waals surface area (Å²) in [5.74, 6) is 1.79. The zero-order valence-electron chi connectivity index (χ0n) is 27.8. The molecule has 236 valence electrons. The lowest BCUT2D eigenvalue weighted by atomic mass is 9.63. The molecule has 1 unspecified atom stereocenters. The summed E-state index contributed by atoms with van der Waals surface area (Å²) < 4.78 is 7.03. The number of para-hydroxylation sites is 2. The Morgan fingerprint density at radius 1 is 0.380 bits per heavy atom. The second-order valence-corrected chi connectivity index (χ2v) is 13.8. The molecule has 8 aromatic carbocycles. The largest absolute Gasteiger partial charge is 0.456 e. The average Bonchev–Trinajstić information content (AvgIpc) is 3.43. The monoisotopic (exact) mass is 638 g/mol. The molecular formula is C49H34O. The molecular weight excluding hydrogens is 605 g/mol. The van der Waals surface area contributed by atoms with Crippen molar-refractivity contribution < 1.29 is 4.74 Å². The maximum absolute atomic E-state index is 7.03. The van der Waals surface area contributed by atoms with Gasteiger partial charge >= 0.3 is 0 Å². The molecule has 8 aromatic rings. The van der Waals surface area contributed by atoms with Gasteiger partial charge in [0, 0.05) is 22.1 Å². The molecule has 1 atom stereocenters. The van der Waals surface area contributed by atoms with Gasteiger partial charge in [-0.3, -0.25) is 0 Å². The van der Waals surface area contributed by atoms with Crippen LogP contribution < -0.4 is 4.74 Å². The van der Waals surface area contributed by atoms with Crippen LogP contribution in [-0.2, 0) is 10.8 Å². The van der Waals surface area contributed by atoms with Gasteiger partial charge in [-0.25, -0.2) is 0 Å². The van der Waals surface area contributed by atoms with Crippen LogP contribution in [0, 0.1) is 0 Å². The van der Waals surface area contributed by atoms with E-state index in [-0.39, 0.29) is 5.41 Å². The highest BCUT2D eigenvalue weighted by Crippen LogP contribution is 2.59. The van der Waals surface area contributed by atoms with Crippen molar-refractivity contribution in [2.75, 3.05) is 0 Å². The van der Waals surface area contributed by atoms with Crippen molar-refractivity contribution >= 4 is 10.8 Å². The van der Waals surface area contributed by atoms with E-state index in [1.165, 1.54) is 49.7 Å². The third kappa shape index (κ3) is 3.95. The molecule has 2 aliphatic rings. The molecule has 0 fully saturated rings. The van der Waals surface area contributed by atoms with Crippen molar-refractivity contribution in [2.45, 2.75) is 17.8 Å². The molecule has 0 amide bonds. The Hall–Kier alpha value is -6.18. The van der Waals surface area contributed by atoms with Crippen molar-refractivity contribution in [2.24, 2.45) is 0 Å². The highest BCUT2D eigenvalue weighted by Gasteiger charge is 2.46. The zero-order valence-corrected chi connectivity index (χ0v) is 27.8. The Balaban J connectivity index is 1.24. The van der Waals surface area contributed by atoms with Crippen molar-refractivity contribution in [3.63, 3.8) is 0 Å². The summed E-state index contributed by atoms with van der Waals surface area (Å²) >= 11 is 0. The van der Waals surface area contributed by atoms with E-state index in [0.717, 1.165) is 33.8 Å². The van der Waals surface area contributed by atoms with Crippen molar-refractivity contribution in [3.8, 4) is 33.8 Å². The quantitative estimate of drug-likeness (QED) is 0.186. The molecule has 1 aliphatic carbocycles. The van der Waals surface area contributed by atoms with Gasteiger partial charge in [0.1, 0.15) is 11.5 Å². The summed E-state index contributed by atoms with van der Waals surface area (Å²) in [6, 6.07) is 68.6. The average molecular weight is 639 g/mol. The molecule has 50 heavy (non-hydrogen) atoms. The van der Waals surface area contributed by atoms with Gasteiger partial charge in [-0.15, -0.1) is 0 Å². The Labute approximate surface area is 293 Å². The molecule has 0 bridgehead atoms. The van der Waals surface area contributed by atoms with Gasteiger partial charge in [-0.1, -0.05) is 164 Å². The van der Waals surface area contributed by atoms with Crippen LogP contribution in [0.25, 0.3) is 33.0 Å². The third-order valence-corrected chi connectivity index (χ3v) is 11.3. The van der Waals surface area contributed by atoms with Gasteiger partial charge in [-0.05, 0) is 86.5 Å². The zero-order chi connectivity index (χ0) is 33.3. The molecule has 0 spiro atoms. The van der Waals surface area contributed by atoms with Crippen molar-refractivity contribution in [1.82, 2.24) is 0 Å². The van der Waals surface area contributed by atoms with Crippen LogP contribution in [0.5, 0.6) is 11.5 Å². The number of benzene rings is 8. The van der Waals surface area contributed by atoms with E-state index in [4.69, 9.17) is 4.74 Å². The number of rotatable bonds is 4. The molecule has 1 aliphatic heterocycles. The maximum atomic E-state index is 7.03. The van der Waals surface area contributed by atoms with Gasteiger partial charge in [0.05, 0.1) is 5.41 Å². The van der Waals surface area contributed by atoms with Crippen LogP contribution in [0.4, 0.5) is 0 Å². The van der Waals surface area contributed by atoms with E-state index >= 15 is 0 Å². The Morgan fingerprint density at radius 2 is 0.940 bits per heavy atom. The third-order valence-electron chi connectivity index (χ3n) is 11.3. The molecule has 1 heterocycles. The summed E-state index contributed by atoms with van der Waals surface area (Å²) in [4.78, 5) is 0. The molecule has 0 saturated heterocycles. The topological polar surface area (TPSA) is 9.23 Å². The van der Waals surface area contributed by atoms with Gasteiger partial charge < -0.3 is 4.74 Å². The Bertz CT molecular complexity index is 2530. The van der Waals surface area contributed by atoms with E-state index in [9.17, 15) is 0 Å². The minimum absolute atomic E-state index is 0.327. The van der Waals surface area contributed by atoms with Crippen molar-refractivity contribution in [1.29, 1.82) is 0 Å². The predicted octanol–water partition coefficient (Wildman–Crippen LogP) is 12.3. The van der Waals surface area contributed by atoms with Gasteiger partial charge in [0.15, 0.2) is 0 Å². The van der Waals surface area contributed by atoms with Crippen LogP contribution in [0.15, 0.2) is 188 Å². The lowest BCUT2D eigenvalue weighted by molar-refractivity contribution is 0.436. The van der Waals surface area contributed by atoms with Crippen LogP contribution >= 0.6 is 0 Å². The molecule has 10 rings (SSSR count). The second-order valence-electron chi connectivity index (χ2n) is 13.8. The number of fused-ring (bicyclic) bond motifs is 6. The first-order chi connectivity index (χ1) is 24.7. The van der Waals surface area contributed by atoms with E-state index in [0.29, 0.717) is 0 Å². The highest BCUT2D eigenvalue weighted by molar-refractivity contribution is 5.95. The summed E-state index contributed by atoms with van der Waals surface area (Å²) in [6.07, 6.45) is 0. The highest BCUT2D eigenvalue weighted by atomic mass is 16.5. The van der Waals surface area contributed by atoms with Gasteiger partial charge in [0.25, 0.3) is 0 Å². The van der Waals surface area contributed by atoms with Crippen molar-refractivity contribution in [3.05, 3.63) is 227 Å². The second kappa shape index (κ2) is 10.9. The first-order valence-corrected chi connectivity index (χ1v) is 17.4. The van der Waals surface area contributed by atoms with E-state index < -0.39 is 5.41 Å². The predicted molar refractivity (Wildman–Crippen MR) is 205 cm³/mol.